The average Bonchev–Trinajstić information content (AvgIpc) is 2.59. The first kappa shape index (κ1) is 16.9. The largest absolute Gasteiger partial charge is 0.212 e. The van der Waals surface area contributed by atoms with Crippen molar-refractivity contribution in [3.63, 3.8) is 0 Å². The zero-order chi connectivity index (χ0) is 6.81. The molecule has 1 saturated carbocycles. The van der Waals surface area contributed by atoms with Gasteiger partial charge in [0.25, 0.3) is 0 Å². The Hall–Kier alpha value is 1.52. The zero-order valence-electron chi connectivity index (χ0n) is 7.58. The summed E-state index contributed by atoms with van der Waals surface area (Å²) < 4.78 is 0. The summed E-state index contributed by atoms with van der Waals surface area (Å²) in [6, 6.07) is 0. The van der Waals surface area contributed by atoms with Crippen LogP contribution in [0.5, 0.6) is 0 Å². The average molecular weight is 437 g/mol. The Morgan fingerprint density at radius 3 is 2.15 bits per heavy atom. The molecular weight excluding hydrogens is 422 g/mol. The summed E-state index contributed by atoms with van der Waals surface area (Å²) in [6.45, 7) is 0. The van der Waals surface area contributed by atoms with Crippen LogP contribution in [-0.4, -0.2) is 0 Å². The van der Waals surface area contributed by atoms with Crippen LogP contribution in [0, 0.1) is 5.92 Å². The van der Waals surface area contributed by atoms with Crippen molar-refractivity contribution in [3.8, 4) is 0 Å². The van der Waals surface area contributed by atoms with E-state index in [2.05, 4.69) is 18.2 Å². The summed E-state index contributed by atoms with van der Waals surface area (Å²) in [5, 5.41) is 0. The Kier molecular flexibility index (Phi) is 11.5. The van der Waals surface area contributed by atoms with Gasteiger partial charge in [0.15, 0.2) is 0 Å². The first-order valence-corrected chi connectivity index (χ1v) is 4.17. The van der Waals surface area contributed by atoms with Crippen LogP contribution in [0.15, 0.2) is 23.8 Å². The van der Waals surface area contributed by atoms with Crippen LogP contribution >= 0.6 is 48.0 Å². The molecule has 2 aliphatic carbocycles. The smallest absolute Gasteiger partial charge is 0 e. The SMILES string of the molecule is C1=CCC([C-]2CCCC2)=C1.I.I.[Ti]. The second-order valence-electron chi connectivity index (χ2n) is 3.13. The number of hydrogen-bond acceptors (Lipinski definition) is 0. The van der Waals surface area contributed by atoms with Crippen molar-refractivity contribution in [3.05, 3.63) is 29.7 Å². The van der Waals surface area contributed by atoms with E-state index in [1.165, 1.54) is 32.1 Å². The molecule has 0 amide bonds. The molecule has 0 spiro atoms. The van der Waals surface area contributed by atoms with Crippen molar-refractivity contribution in [2.45, 2.75) is 32.1 Å². The van der Waals surface area contributed by atoms with E-state index in [9.17, 15) is 0 Å². The van der Waals surface area contributed by atoms with E-state index >= 15 is 0 Å². The normalized spacial score (nSPS) is 18.5. The minimum atomic E-state index is 0. The number of allylic oxidation sites excluding steroid dienone is 4. The number of halogens is 2. The molecule has 0 unspecified atom stereocenters. The maximum atomic E-state index is 2.28. The van der Waals surface area contributed by atoms with Gasteiger partial charge in [-0.15, -0.1) is 60.1 Å². The van der Waals surface area contributed by atoms with Crippen molar-refractivity contribution < 1.29 is 21.7 Å². The maximum absolute atomic E-state index is 2.28. The molecule has 0 atom stereocenters. The predicted molar refractivity (Wildman–Crippen MR) is 74.4 cm³/mol. The van der Waals surface area contributed by atoms with Crippen molar-refractivity contribution in [1.29, 1.82) is 0 Å². The van der Waals surface area contributed by atoms with E-state index in [4.69, 9.17) is 0 Å². The summed E-state index contributed by atoms with van der Waals surface area (Å²) in [4.78, 5) is 0. The van der Waals surface area contributed by atoms with Crippen molar-refractivity contribution in [2.75, 3.05) is 0 Å². The van der Waals surface area contributed by atoms with Gasteiger partial charge in [-0.25, -0.2) is 17.6 Å². The van der Waals surface area contributed by atoms with Gasteiger partial charge in [0.2, 0.25) is 0 Å². The molecule has 0 aromatic carbocycles. The van der Waals surface area contributed by atoms with Crippen LogP contribution in [0.25, 0.3) is 0 Å². The Balaban J connectivity index is 0. The van der Waals surface area contributed by atoms with Crippen LogP contribution in [0.1, 0.15) is 32.1 Å². The Labute approximate surface area is 130 Å². The topological polar surface area (TPSA) is 0 Å². The molecule has 0 radical (unpaired) electrons. The summed E-state index contributed by atoms with van der Waals surface area (Å²) in [5.74, 6) is 1.73. The van der Waals surface area contributed by atoms with Crippen LogP contribution in [-0.2, 0) is 21.7 Å². The van der Waals surface area contributed by atoms with Gasteiger partial charge in [-0.05, 0) is 6.42 Å². The predicted octanol–water partition coefficient (Wildman–Crippen LogP) is 4.25. The minimum Gasteiger partial charge on any atom is -0.212 e. The van der Waals surface area contributed by atoms with E-state index < -0.39 is 0 Å². The third-order valence-electron chi connectivity index (χ3n) is 2.43. The molecule has 0 aliphatic heterocycles. The summed E-state index contributed by atoms with van der Waals surface area (Å²) in [7, 11) is 0. The summed E-state index contributed by atoms with van der Waals surface area (Å²) in [5.41, 5.74) is 1.61. The van der Waals surface area contributed by atoms with Gasteiger partial charge < -0.3 is 0 Å². The Morgan fingerprint density at radius 2 is 1.69 bits per heavy atom. The van der Waals surface area contributed by atoms with Crippen molar-refractivity contribution >= 4 is 48.0 Å². The number of hydrogen-bond donors (Lipinski definition) is 0. The van der Waals surface area contributed by atoms with Crippen LogP contribution in [0.2, 0.25) is 0 Å². The van der Waals surface area contributed by atoms with Crippen molar-refractivity contribution in [1.82, 2.24) is 0 Å². The number of rotatable bonds is 1. The second kappa shape index (κ2) is 8.80. The van der Waals surface area contributed by atoms with Crippen LogP contribution in [0.3, 0.4) is 0 Å². The van der Waals surface area contributed by atoms with Crippen LogP contribution in [0.4, 0.5) is 0 Å². The molecule has 2 rings (SSSR count). The molecule has 2 aliphatic rings. The summed E-state index contributed by atoms with van der Waals surface area (Å²) in [6.07, 6.45) is 13.5. The third kappa shape index (κ3) is 4.71. The molecule has 0 aromatic heterocycles. The fraction of sp³-hybridized carbons (Fsp3) is 0.500. The molecular formula is C10H15I2Ti-. The van der Waals surface area contributed by atoms with E-state index in [1.54, 1.807) is 11.5 Å². The van der Waals surface area contributed by atoms with Gasteiger partial charge in [0.05, 0.1) is 0 Å². The molecule has 0 nitrogen and oxygen atoms in total. The van der Waals surface area contributed by atoms with Gasteiger partial charge in [0.1, 0.15) is 0 Å². The molecule has 0 N–H and O–H groups in total. The van der Waals surface area contributed by atoms with Crippen LogP contribution < -0.4 is 0 Å². The minimum absolute atomic E-state index is 0. The molecule has 74 valence electrons. The van der Waals surface area contributed by atoms with Gasteiger partial charge in [-0.1, -0.05) is 25.7 Å². The van der Waals surface area contributed by atoms with Gasteiger partial charge in [-0.2, -0.15) is 0 Å². The maximum Gasteiger partial charge on any atom is 0 e. The monoisotopic (exact) mass is 437 g/mol. The fourth-order valence-corrected chi connectivity index (χ4v) is 1.83. The molecule has 3 heteroatoms. The summed E-state index contributed by atoms with van der Waals surface area (Å²) >= 11 is 0. The van der Waals surface area contributed by atoms with Gasteiger partial charge in [-0.3, -0.25) is 0 Å². The second-order valence-corrected chi connectivity index (χ2v) is 3.13. The standard InChI is InChI=1S/C10H13.2HI.Ti/c1-2-6-9(5-1)10-7-3-4-8-10;;;/h1-2,5H,3-4,6-8H2;2*1H;/q-1;;;. The zero-order valence-corrected chi connectivity index (χ0v) is 13.8. The van der Waals surface area contributed by atoms with E-state index in [1.807, 2.05) is 0 Å². The third-order valence-corrected chi connectivity index (χ3v) is 2.43. The molecule has 0 aromatic rings. The van der Waals surface area contributed by atoms with E-state index in [0.29, 0.717) is 0 Å². The molecule has 13 heavy (non-hydrogen) atoms. The quantitative estimate of drug-likeness (QED) is 0.327. The molecule has 0 heterocycles. The van der Waals surface area contributed by atoms with Gasteiger partial charge >= 0.3 is 0 Å². The van der Waals surface area contributed by atoms with E-state index in [0.717, 1.165) is 0 Å². The van der Waals surface area contributed by atoms with E-state index in [-0.39, 0.29) is 69.7 Å². The molecule has 0 saturated heterocycles. The first-order chi connectivity index (χ1) is 4.97. The van der Waals surface area contributed by atoms with Gasteiger partial charge in [0, 0.05) is 21.7 Å². The first-order valence-electron chi connectivity index (χ1n) is 4.17. The Morgan fingerprint density at radius 1 is 1.08 bits per heavy atom. The molecule has 1 fully saturated rings. The molecule has 0 bridgehead atoms. The Bertz CT molecular complexity index is 181. The van der Waals surface area contributed by atoms with Crippen molar-refractivity contribution in [2.24, 2.45) is 0 Å². The fourth-order valence-electron chi connectivity index (χ4n) is 1.83.